The highest BCUT2D eigenvalue weighted by Crippen LogP contribution is 2.27. The molecule has 0 aromatic rings. The Morgan fingerprint density at radius 3 is 2.60 bits per heavy atom. The van der Waals surface area contributed by atoms with Crippen molar-refractivity contribution in [2.45, 2.75) is 51.9 Å². The summed E-state index contributed by atoms with van der Waals surface area (Å²) >= 11 is 0. The van der Waals surface area contributed by atoms with Gasteiger partial charge in [0.15, 0.2) is 0 Å². The molecular weight excluding hydrogens is 250 g/mol. The zero-order valence-corrected chi connectivity index (χ0v) is 12.8. The van der Waals surface area contributed by atoms with Crippen molar-refractivity contribution in [2.75, 3.05) is 19.8 Å². The summed E-state index contributed by atoms with van der Waals surface area (Å²) in [6.45, 7) is 4.22. The molecule has 3 nitrogen and oxygen atoms in total. The van der Waals surface area contributed by atoms with Gasteiger partial charge in [-0.3, -0.25) is 0 Å². The van der Waals surface area contributed by atoms with Gasteiger partial charge in [-0.15, -0.1) is 0 Å². The van der Waals surface area contributed by atoms with E-state index in [2.05, 4.69) is 13.0 Å². The van der Waals surface area contributed by atoms with Crippen LogP contribution in [-0.2, 0) is 9.47 Å². The van der Waals surface area contributed by atoms with Crippen LogP contribution in [0.3, 0.4) is 0 Å². The predicted octanol–water partition coefficient (Wildman–Crippen LogP) is 3.76. The van der Waals surface area contributed by atoms with Gasteiger partial charge in [0, 0.05) is 19.0 Å². The highest BCUT2D eigenvalue weighted by atomic mass is 16.5. The van der Waals surface area contributed by atoms with Crippen LogP contribution in [0.25, 0.3) is 0 Å². The molecule has 1 saturated carbocycles. The quantitative estimate of drug-likeness (QED) is 0.753. The van der Waals surface area contributed by atoms with Gasteiger partial charge in [0.05, 0.1) is 13.2 Å². The third-order valence-electron chi connectivity index (χ3n) is 4.14. The molecule has 0 aromatic carbocycles. The lowest BCUT2D eigenvalue weighted by Crippen LogP contribution is -2.13. The molecule has 2 aliphatic carbocycles. The van der Waals surface area contributed by atoms with Gasteiger partial charge in [0.2, 0.25) is 0 Å². The summed E-state index contributed by atoms with van der Waals surface area (Å²) in [4.78, 5) is 0. The Kier molecular flexibility index (Phi) is 6.44. The fourth-order valence-corrected chi connectivity index (χ4v) is 3.05. The highest BCUT2D eigenvalue weighted by molar-refractivity contribution is 5.21. The van der Waals surface area contributed by atoms with E-state index >= 15 is 0 Å². The van der Waals surface area contributed by atoms with E-state index in [9.17, 15) is 0 Å². The molecule has 0 aliphatic heterocycles. The summed E-state index contributed by atoms with van der Waals surface area (Å²) in [5.74, 6) is 3.22. The number of rotatable bonds is 6. The van der Waals surface area contributed by atoms with Crippen LogP contribution < -0.4 is 5.73 Å². The van der Waals surface area contributed by atoms with E-state index in [1.54, 1.807) is 0 Å². The average Bonchev–Trinajstić information content (AvgIpc) is 2.71. The minimum Gasteiger partial charge on any atom is -0.496 e. The van der Waals surface area contributed by atoms with Crippen molar-refractivity contribution in [1.82, 2.24) is 0 Å². The Balaban J connectivity index is 1.82. The molecule has 0 radical (unpaired) electrons. The van der Waals surface area contributed by atoms with Gasteiger partial charge in [-0.1, -0.05) is 32.6 Å². The van der Waals surface area contributed by atoms with Crippen molar-refractivity contribution in [2.24, 2.45) is 17.6 Å². The fourth-order valence-electron chi connectivity index (χ4n) is 3.05. The standard InChI is InChI=1S/C17H29NO2/c1-14-10-16(19-9-8-18)12-17(11-14)20-13-15-6-4-2-3-5-7-15/h11-12,14-15H,2-10,13,18H2,1H3. The molecule has 1 fully saturated rings. The number of hydrogen-bond acceptors (Lipinski definition) is 3. The minimum atomic E-state index is 0.483. The maximum absolute atomic E-state index is 6.03. The first-order valence-corrected chi connectivity index (χ1v) is 8.16. The molecule has 0 amide bonds. The average molecular weight is 279 g/mol. The Hall–Kier alpha value is -0.960. The smallest absolute Gasteiger partial charge is 0.118 e. The molecule has 114 valence electrons. The third kappa shape index (κ3) is 5.20. The van der Waals surface area contributed by atoms with Crippen LogP contribution in [0.2, 0.25) is 0 Å². The van der Waals surface area contributed by atoms with Crippen LogP contribution in [0, 0.1) is 11.8 Å². The number of allylic oxidation sites excluding steroid dienone is 3. The van der Waals surface area contributed by atoms with Crippen molar-refractivity contribution in [3.63, 3.8) is 0 Å². The molecule has 0 heterocycles. The van der Waals surface area contributed by atoms with E-state index in [-0.39, 0.29) is 0 Å². The van der Waals surface area contributed by atoms with Gasteiger partial charge in [-0.05, 0) is 30.8 Å². The molecule has 2 aliphatic rings. The highest BCUT2D eigenvalue weighted by Gasteiger charge is 2.16. The summed E-state index contributed by atoms with van der Waals surface area (Å²) in [5, 5.41) is 0. The van der Waals surface area contributed by atoms with Crippen LogP contribution >= 0.6 is 0 Å². The first-order valence-electron chi connectivity index (χ1n) is 8.16. The summed E-state index contributed by atoms with van der Waals surface area (Å²) in [7, 11) is 0. The van der Waals surface area contributed by atoms with Gasteiger partial charge in [0.1, 0.15) is 11.5 Å². The van der Waals surface area contributed by atoms with Crippen LogP contribution in [0.15, 0.2) is 23.7 Å². The van der Waals surface area contributed by atoms with E-state index in [0.717, 1.165) is 30.5 Å². The normalized spacial score (nSPS) is 24.6. The lowest BCUT2D eigenvalue weighted by atomic mass is 10.00. The van der Waals surface area contributed by atoms with Gasteiger partial charge in [-0.25, -0.2) is 0 Å². The second-order valence-electron chi connectivity index (χ2n) is 6.17. The van der Waals surface area contributed by atoms with E-state index in [1.165, 1.54) is 38.5 Å². The molecule has 0 aromatic heterocycles. The number of hydrogen-bond donors (Lipinski definition) is 1. The molecule has 2 rings (SSSR count). The fraction of sp³-hybridized carbons (Fsp3) is 0.765. The summed E-state index contributed by atoms with van der Waals surface area (Å²) in [5.41, 5.74) is 5.49. The molecule has 0 bridgehead atoms. The van der Waals surface area contributed by atoms with Crippen molar-refractivity contribution >= 4 is 0 Å². The van der Waals surface area contributed by atoms with Gasteiger partial charge >= 0.3 is 0 Å². The van der Waals surface area contributed by atoms with Gasteiger partial charge < -0.3 is 15.2 Å². The number of nitrogens with two attached hydrogens (primary N) is 1. The van der Waals surface area contributed by atoms with Crippen LogP contribution in [-0.4, -0.2) is 19.8 Å². The lowest BCUT2D eigenvalue weighted by molar-refractivity contribution is 0.152. The molecule has 3 heteroatoms. The van der Waals surface area contributed by atoms with E-state index < -0.39 is 0 Å². The topological polar surface area (TPSA) is 44.5 Å². The van der Waals surface area contributed by atoms with Gasteiger partial charge in [0.25, 0.3) is 0 Å². The largest absolute Gasteiger partial charge is 0.496 e. The molecule has 1 unspecified atom stereocenters. The minimum absolute atomic E-state index is 0.483. The van der Waals surface area contributed by atoms with Crippen LogP contribution in [0.5, 0.6) is 0 Å². The Morgan fingerprint density at radius 1 is 1.15 bits per heavy atom. The Labute approximate surface area is 123 Å². The zero-order chi connectivity index (χ0) is 14.2. The molecule has 2 N–H and O–H groups in total. The SMILES string of the molecule is CC1C=C(OCC2CCCCCC2)C=C(OCCN)C1. The maximum atomic E-state index is 6.03. The molecule has 0 spiro atoms. The zero-order valence-electron chi connectivity index (χ0n) is 12.8. The third-order valence-corrected chi connectivity index (χ3v) is 4.14. The molecule has 1 atom stereocenters. The first kappa shape index (κ1) is 15.4. The molecule has 20 heavy (non-hydrogen) atoms. The monoisotopic (exact) mass is 279 g/mol. The van der Waals surface area contributed by atoms with Crippen molar-refractivity contribution < 1.29 is 9.47 Å². The van der Waals surface area contributed by atoms with Crippen LogP contribution in [0.1, 0.15) is 51.9 Å². The summed E-state index contributed by atoms with van der Waals surface area (Å²) in [6.07, 6.45) is 13.4. The van der Waals surface area contributed by atoms with Gasteiger partial charge in [-0.2, -0.15) is 0 Å². The van der Waals surface area contributed by atoms with Crippen molar-refractivity contribution in [1.29, 1.82) is 0 Å². The second kappa shape index (κ2) is 8.35. The van der Waals surface area contributed by atoms with E-state index in [1.807, 2.05) is 6.08 Å². The van der Waals surface area contributed by atoms with Crippen LogP contribution in [0.4, 0.5) is 0 Å². The van der Waals surface area contributed by atoms with E-state index in [4.69, 9.17) is 15.2 Å². The molecular formula is C17H29NO2. The lowest BCUT2D eigenvalue weighted by Gasteiger charge is -2.21. The summed E-state index contributed by atoms with van der Waals surface area (Å²) < 4.78 is 11.7. The first-order chi connectivity index (χ1) is 9.78. The second-order valence-corrected chi connectivity index (χ2v) is 6.17. The summed E-state index contributed by atoms with van der Waals surface area (Å²) in [6, 6.07) is 0. The predicted molar refractivity (Wildman–Crippen MR) is 82.1 cm³/mol. The van der Waals surface area contributed by atoms with Crippen molar-refractivity contribution in [3.05, 3.63) is 23.7 Å². The Morgan fingerprint density at radius 2 is 1.90 bits per heavy atom. The van der Waals surface area contributed by atoms with E-state index in [0.29, 0.717) is 19.1 Å². The Bertz CT molecular complexity index is 341. The number of ether oxygens (including phenoxy) is 2. The van der Waals surface area contributed by atoms with Crippen molar-refractivity contribution in [3.8, 4) is 0 Å². The molecule has 0 saturated heterocycles. The maximum Gasteiger partial charge on any atom is 0.118 e.